The maximum Gasteiger partial charge on any atom is 0.267 e. The summed E-state index contributed by atoms with van der Waals surface area (Å²) in [6, 6.07) is 3.58. The van der Waals surface area contributed by atoms with Crippen molar-refractivity contribution >= 4 is 51.7 Å². The normalized spacial score (nSPS) is 16.2. The minimum Gasteiger partial charge on any atom is -0.395 e. The fraction of sp³-hybridized carbons (Fsp3) is 0.333. The van der Waals surface area contributed by atoms with Crippen LogP contribution in [0.1, 0.15) is 25.0 Å². The van der Waals surface area contributed by atoms with Gasteiger partial charge < -0.3 is 10.4 Å². The van der Waals surface area contributed by atoms with Gasteiger partial charge in [-0.3, -0.25) is 18.9 Å². The van der Waals surface area contributed by atoms with Crippen LogP contribution >= 0.6 is 24.0 Å². The van der Waals surface area contributed by atoms with E-state index in [0.717, 1.165) is 5.56 Å². The van der Waals surface area contributed by atoms with Gasteiger partial charge in [0.05, 0.1) is 17.1 Å². The van der Waals surface area contributed by atoms with Crippen molar-refractivity contribution in [3.8, 4) is 0 Å². The van der Waals surface area contributed by atoms with Crippen LogP contribution in [0.4, 0.5) is 5.82 Å². The van der Waals surface area contributed by atoms with E-state index in [4.69, 9.17) is 17.3 Å². The van der Waals surface area contributed by atoms with E-state index in [1.807, 2.05) is 26.8 Å². The zero-order valence-electron chi connectivity index (χ0n) is 15.2. The number of aliphatic hydroxyl groups excluding tert-OH is 1. The van der Waals surface area contributed by atoms with Gasteiger partial charge in [-0.15, -0.1) is 0 Å². The number of hydrogen-bond acceptors (Lipinski definition) is 7. The second-order valence-corrected chi connectivity index (χ2v) is 8.04. The van der Waals surface area contributed by atoms with Gasteiger partial charge in [0.15, 0.2) is 0 Å². The summed E-state index contributed by atoms with van der Waals surface area (Å²) in [6.45, 7) is 5.77. The van der Waals surface area contributed by atoms with Crippen LogP contribution in [0.3, 0.4) is 0 Å². The van der Waals surface area contributed by atoms with Gasteiger partial charge in [0.1, 0.15) is 15.8 Å². The van der Waals surface area contributed by atoms with Crippen LogP contribution < -0.4 is 10.9 Å². The number of thioether (sulfide) groups is 1. The summed E-state index contributed by atoms with van der Waals surface area (Å²) in [7, 11) is 0. The van der Waals surface area contributed by atoms with Crippen molar-refractivity contribution in [2.45, 2.75) is 26.8 Å². The van der Waals surface area contributed by atoms with Crippen molar-refractivity contribution in [1.82, 2.24) is 14.3 Å². The molecular weight excluding hydrogens is 384 g/mol. The average molecular weight is 405 g/mol. The third-order valence-electron chi connectivity index (χ3n) is 4.10. The van der Waals surface area contributed by atoms with E-state index in [1.165, 1.54) is 27.1 Å². The third kappa shape index (κ3) is 3.62. The van der Waals surface area contributed by atoms with E-state index in [-0.39, 0.29) is 36.2 Å². The molecule has 0 aromatic carbocycles. The van der Waals surface area contributed by atoms with Gasteiger partial charge in [-0.05, 0) is 38.5 Å². The largest absolute Gasteiger partial charge is 0.395 e. The van der Waals surface area contributed by atoms with Crippen LogP contribution in [0.5, 0.6) is 0 Å². The number of hydrogen-bond donors (Lipinski definition) is 2. The van der Waals surface area contributed by atoms with Gasteiger partial charge in [0.25, 0.3) is 11.5 Å². The molecule has 3 heterocycles. The molecule has 0 atom stereocenters. The molecule has 1 aliphatic heterocycles. The summed E-state index contributed by atoms with van der Waals surface area (Å²) in [5.41, 5.74) is 1.34. The van der Waals surface area contributed by atoms with Crippen molar-refractivity contribution < 1.29 is 9.90 Å². The lowest BCUT2D eigenvalue weighted by Crippen LogP contribution is -2.34. The molecule has 9 heteroatoms. The number of pyridine rings is 1. The summed E-state index contributed by atoms with van der Waals surface area (Å²) >= 11 is 6.47. The Hall–Kier alpha value is -2.23. The fourth-order valence-corrected chi connectivity index (χ4v) is 4.31. The van der Waals surface area contributed by atoms with E-state index >= 15 is 0 Å². The van der Waals surface area contributed by atoms with Crippen LogP contribution in [0.2, 0.25) is 0 Å². The molecule has 2 aromatic heterocycles. The van der Waals surface area contributed by atoms with Crippen molar-refractivity contribution in [2.24, 2.45) is 0 Å². The minimum absolute atomic E-state index is 0.0612. The maximum atomic E-state index is 13.1. The first-order valence-corrected chi connectivity index (χ1v) is 9.71. The summed E-state index contributed by atoms with van der Waals surface area (Å²) in [4.78, 5) is 32.2. The van der Waals surface area contributed by atoms with E-state index in [2.05, 4.69) is 10.3 Å². The molecular formula is C18H20N4O3S2. The number of aliphatic hydroxyl groups is 1. The molecule has 1 aliphatic rings. The van der Waals surface area contributed by atoms with E-state index in [9.17, 15) is 9.59 Å². The first-order chi connectivity index (χ1) is 12.8. The molecule has 0 aliphatic carbocycles. The van der Waals surface area contributed by atoms with Crippen LogP contribution in [-0.2, 0) is 4.79 Å². The maximum absolute atomic E-state index is 13.1. The molecule has 27 heavy (non-hydrogen) atoms. The first kappa shape index (κ1) is 19.5. The highest BCUT2D eigenvalue weighted by molar-refractivity contribution is 8.26. The Morgan fingerprint density at radius 3 is 2.78 bits per heavy atom. The Bertz CT molecular complexity index is 1010. The third-order valence-corrected chi connectivity index (χ3v) is 5.43. The van der Waals surface area contributed by atoms with Crippen molar-refractivity contribution in [3.05, 3.63) is 44.7 Å². The van der Waals surface area contributed by atoms with Crippen LogP contribution in [0, 0.1) is 6.92 Å². The number of rotatable bonds is 5. The Morgan fingerprint density at radius 1 is 1.41 bits per heavy atom. The monoisotopic (exact) mass is 404 g/mol. The number of fused-ring (bicyclic) bond motifs is 1. The molecule has 0 radical (unpaired) electrons. The van der Waals surface area contributed by atoms with Gasteiger partial charge >= 0.3 is 0 Å². The number of aromatic nitrogens is 2. The highest BCUT2D eigenvalue weighted by Crippen LogP contribution is 2.34. The number of nitrogens with one attached hydrogen (secondary N) is 1. The topological polar surface area (TPSA) is 86.9 Å². The van der Waals surface area contributed by atoms with Gasteiger partial charge in [-0.2, -0.15) is 0 Å². The molecule has 0 saturated carbocycles. The molecule has 0 bridgehead atoms. The molecule has 142 valence electrons. The standard InChI is InChI=1S/C18H20N4O3S2/c1-10(2)22-17(25)13(27-18(22)26)9-12-14(19-6-8-23)20-15-11(3)5-4-7-21(15)16(12)24/h4-5,7,9-10,19,23H,6,8H2,1-3H3/b13-9-. The Morgan fingerprint density at radius 2 is 2.15 bits per heavy atom. The number of carbonyl (C=O) groups is 1. The van der Waals surface area contributed by atoms with Gasteiger partial charge in [-0.1, -0.05) is 30.0 Å². The molecule has 0 spiro atoms. The summed E-state index contributed by atoms with van der Waals surface area (Å²) in [5.74, 6) is 0.111. The van der Waals surface area contributed by atoms with Crippen LogP contribution in [-0.4, -0.2) is 48.8 Å². The Balaban J connectivity index is 2.18. The highest BCUT2D eigenvalue weighted by atomic mass is 32.2. The number of nitrogens with zero attached hydrogens (tertiary/aromatic N) is 3. The summed E-state index contributed by atoms with van der Waals surface area (Å²) < 4.78 is 1.92. The van der Waals surface area contributed by atoms with E-state index in [1.54, 1.807) is 12.3 Å². The highest BCUT2D eigenvalue weighted by Gasteiger charge is 2.34. The molecule has 0 unspecified atom stereocenters. The summed E-state index contributed by atoms with van der Waals surface area (Å²) in [5, 5.41) is 12.1. The SMILES string of the molecule is Cc1cccn2c(=O)c(/C=C3\SC(=S)N(C(C)C)C3=O)c(NCCO)nc12. The van der Waals surface area contributed by atoms with E-state index < -0.39 is 0 Å². The smallest absolute Gasteiger partial charge is 0.267 e. The number of anilines is 1. The lowest BCUT2D eigenvalue weighted by Gasteiger charge is -2.18. The van der Waals surface area contributed by atoms with Crippen LogP contribution in [0.15, 0.2) is 28.0 Å². The Kier molecular flexibility index (Phi) is 5.64. The molecule has 2 N–H and O–H groups in total. The van der Waals surface area contributed by atoms with Crippen LogP contribution in [0.25, 0.3) is 11.7 Å². The zero-order chi connectivity index (χ0) is 19.7. The molecule has 1 fully saturated rings. The second kappa shape index (κ2) is 7.79. The number of carbonyl (C=O) groups excluding carboxylic acids is 1. The molecule has 1 amide bonds. The number of aryl methyl sites for hydroxylation is 1. The predicted octanol–water partition coefficient (Wildman–Crippen LogP) is 2.02. The second-order valence-electron chi connectivity index (χ2n) is 6.36. The number of thiocarbonyl (C=S) groups is 1. The van der Waals surface area contributed by atoms with E-state index in [0.29, 0.717) is 20.7 Å². The Labute approximate surface area is 166 Å². The lowest BCUT2D eigenvalue weighted by atomic mass is 10.2. The molecule has 7 nitrogen and oxygen atoms in total. The van der Waals surface area contributed by atoms with Crippen molar-refractivity contribution in [3.63, 3.8) is 0 Å². The van der Waals surface area contributed by atoms with Gasteiger partial charge in [-0.25, -0.2) is 4.98 Å². The van der Waals surface area contributed by atoms with Crippen molar-refractivity contribution in [2.75, 3.05) is 18.5 Å². The molecule has 1 saturated heterocycles. The van der Waals surface area contributed by atoms with Gasteiger partial charge in [0, 0.05) is 18.8 Å². The number of amides is 1. The van der Waals surface area contributed by atoms with Gasteiger partial charge in [0.2, 0.25) is 0 Å². The average Bonchev–Trinajstić information content (AvgIpc) is 2.90. The molecule has 3 rings (SSSR count). The minimum atomic E-state index is -0.293. The zero-order valence-corrected chi connectivity index (χ0v) is 16.9. The first-order valence-electron chi connectivity index (χ1n) is 8.49. The quantitative estimate of drug-likeness (QED) is 0.582. The predicted molar refractivity (Wildman–Crippen MR) is 112 cm³/mol. The van der Waals surface area contributed by atoms with Crippen molar-refractivity contribution in [1.29, 1.82) is 0 Å². The molecule has 2 aromatic rings. The summed E-state index contributed by atoms with van der Waals surface area (Å²) in [6.07, 6.45) is 3.18. The lowest BCUT2D eigenvalue weighted by molar-refractivity contribution is -0.123. The fourth-order valence-electron chi connectivity index (χ4n) is 2.81.